The molecular weight excluding hydrogens is 484 g/mol. The van der Waals surface area contributed by atoms with E-state index >= 15 is 0 Å². The number of likely N-dealkylation sites (tertiary alicyclic amines) is 1. The van der Waals surface area contributed by atoms with E-state index in [9.17, 15) is 14.7 Å². The van der Waals surface area contributed by atoms with Crippen molar-refractivity contribution < 1.29 is 9.90 Å². The summed E-state index contributed by atoms with van der Waals surface area (Å²) in [6, 6.07) is 14.2. The van der Waals surface area contributed by atoms with E-state index in [0.29, 0.717) is 37.0 Å². The predicted octanol–water partition coefficient (Wildman–Crippen LogP) is 4.58. The number of aliphatic hydroxyl groups is 1. The molecule has 37 heavy (non-hydrogen) atoms. The van der Waals surface area contributed by atoms with E-state index in [1.54, 1.807) is 17.4 Å². The highest BCUT2D eigenvalue weighted by Gasteiger charge is 2.39. The summed E-state index contributed by atoms with van der Waals surface area (Å²) in [5.74, 6) is 0.482. The molecule has 0 radical (unpaired) electrons. The molecule has 7 nitrogen and oxygen atoms in total. The highest BCUT2D eigenvalue weighted by Crippen LogP contribution is 2.39. The first-order valence-corrected chi connectivity index (χ1v) is 14.1. The standard InChI is InChI=1S/C29H32N4O3S/c34-27(24-9-5-4-8-23(24)21-6-2-1-3-7-21)31-15-12-29(36,13-16-31)19-32-20-30-26-25(28(32)35)10-14-33(26)22-11-17-37-18-22/h1-3,6-7,10-11,14,17-18,20,23-24,36H,4-5,8-9,12-13,15-16,19H2/t23-,24+/m1/s1. The van der Waals surface area contributed by atoms with E-state index in [1.807, 2.05) is 38.6 Å². The lowest BCUT2D eigenvalue weighted by Gasteiger charge is -2.41. The van der Waals surface area contributed by atoms with Crippen molar-refractivity contribution >= 4 is 28.3 Å². The second-order valence-corrected chi connectivity index (χ2v) is 11.3. The monoisotopic (exact) mass is 516 g/mol. The Kier molecular flexibility index (Phi) is 6.46. The van der Waals surface area contributed by atoms with E-state index in [0.717, 1.165) is 31.4 Å². The Labute approximate surface area is 220 Å². The second-order valence-electron chi connectivity index (χ2n) is 10.5. The normalized spacial score (nSPS) is 21.8. The van der Waals surface area contributed by atoms with Crippen LogP contribution < -0.4 is 5.56 Å². The Morgan fingerprint density at radius 1 is 1.08 bits per heavy atom. The molecule has 1 aliphatic carbocycles. The quantitative estimate of drug-likeness (QED) is 0.421. The Hall–Kier alpha value is -3.23. The first-order valence-electron chi connectivity index (χ1n) is 13.2. The van der Waals surface area contributed by atoms with E-state index in [-0.39, 0.29) is 29.8 Å². The van der Waals surface area contributed by atoms with Gasteiger partial charge in [0.05, 0.1) is 23.2 Å². The van der Waals surface area contributed by atoms with Crippen molar-refractivity contribution in [3.05, 3.63) is 81.7 Å². The highest BCUT2D eigenvalue weighted by molar-refractivity contribution is 7.08. The Bertz CT molecular complexity index is 1440. The van der Waals surface area contributed by atoms with Crippen molar-refractivity contribution in [1.82, 2.24) is 19.0 Å². The summed E-state index contributed by atoms with van der Waals surface area (Å²) in [6.07, 6.45) is 8.50. The van der Waals surface area contributed by atoms with Gasteiger partial charge in [0.2, 0.25) is 5.91 Å². The lowest BCUT2D eigenvalue weighted by molar-refractivity contribution is -0.142. The predicted molar refractivity (Wildman–Crippen MR) is 145 cm³/mol. The number of benzene rings is 1. The van der Waals surface area contributed by atoms with Gasteiger partial charge in [-0.2, -0.15) is 11.3 Å². The van der Waals surface area contributed by atoms with Crippen molar-refractivity contribution in [2.45, 2.75) is 56.6 Å². The van der Waals surface area contributed by atoms with Crippen LogP contribution in [0, 0.1) is 5.92 Å². The molecule has 192 valence electrons. The summed E-state index contributed by atoms with van der Waals surface area (Å²) in [7, 11) is 0. The molecule has 1 aromatic carbocycles. The molecule has 0 unspecified atom stereocenters. The summed E-state index contributed by atoms with van der Waals surface area (Å²) in [4.78, 5) is 33.3. The number of hydrogen-bond donors (Lipinski definition) is 1. The molecule has 3 aromatic heterocycles. The van der Waals surface area contributed by atoms with Gasteiger partial charge in [-0.05, 0) is 54.7 Å². The second kappa shape index (κ2) is 9.91. The first kappa shape index (κ1) is 24.1. The van der Waals surface area contributed by atoms with Gasteiger partial charge in [0.25, 0.3) is 5.56 Å². The Morgan fingerprint density at radius 3 is 2.62 bits per heavy atom. The molecule has 1 amide bonds. The number of carbonyl (C=O) groups excluding carboxylic acids is 1. The third-order valence-corrected chi connectivity index (χ3v) is 8.91. The van der Waals surface area contributed by atoms with Gasteiger partial charge in [-0.15, -0.1) is 0 Å². The van der Waals surface area contributed by atoms with Gasteiger partial charge in [0, 0.05) is 30.6 Å². The third kappa shape index (κ3) is 4.64. The number of nitrogens with zero attached hydrogens (tertiary/aromatic N) is 4. The van der Waals surface area contributed by atoms with Gasteiger partial charge in [-0.25, -0.2) is 4.98 Å². The minimum absolute atomic E-state index is 0.00355. The summed E-state index contributed by atoms with van der Waals surface area (Å²) in [5.41, 5.74) is 1.65. The van der Waals surface area contributed by atoms with Crippen LogP contribution in [0.1, 0.15) is 50.0 Å². The SMILES string of the molecule is O=C([C@H]1CCCC[C@@H]1c1ccccc1)N1CCC(O)(Cn2cnc3c(ccn3-c3ccsc3)c2=O)CC1. The smallest absolute Gasteiger partial charge is 0.262 e. The fourth-order valence-electron chi connectivity index (χ4n) is 6.15. The molecule has 1 saturated carbocycles. The zero-order chi connectivity index (χ0) is 25.4. The maximum absolute atomic E-state index is 13.6. The summed E-state index contributed by atoms with van der Waals surface area (Å²) in [6.45, 7) is 1.19. The Morgan fingerprint density at radius 2 is 1.86 bits per heavy atom. The number of carbonyl (C=O) groups is 1. The fourth-order valence-corrected chi connectivity index (χ4v) is 6.78. The minimum Gasteiger partial charge on any atom is -0.388 e. The van der Waals surface area contributed by atoms with Gasteiger partial charge < -0.3 is 14.6 Å². The first-order chi connectivity index (χ1) is 18.0. The molecule has 1 aliphatic heterocycles. The van der Waals surface area contributed by atoms with Crippen LogP contribution >= 0.6 is 11.3 Å². The van der Waals surface area contributed by atoms with Crippen molar-refractivity contribution in [2.24, 2.45) is 5.92 Å². The topological polar surface area (TPSA) is 80.4 Å². The number of aromatic nitrogens is 3. The third-order valence-electron chi connectivity index (χ3n) is 8.24. The fraction of sp³-hybridized carbons (Fsp3) is 0.414. The van der Waals surface area contributed by atoms with Crippen LogP contribution in [0.5, 0.6) is 0 Å². The van der Waals surface area contributed by atoms with Crippen LogP contribution in [-0.4, -0.2) is 48.7 Å². The van der Waals surface area contributed by atoms with Crippen LogP contribution in [-0.2, 0) is 11.3 Å². The molecule has 2 aliphatic rings. The molecule has 1 N–H and O–H groups in total. The van der Waals surface area contributed by atoms with E-state index < -0.39 is 5.60 Å². The van der Waals surface area contributed by atoms with Crippen LogP contribution in [0.15, 0.2) is 70.5 Å². The van der Waals surface area contributed by atoms with Crippen molar-refractivity contribution in [2.75, 3.05) is 13.1 Å². The molecule has 6 rings (SSSR count). The number of amides is 1. The van der Waals surface area contributed by atoms with Gasteiger partial charge in [0.1, 0.15) is 6.33 Å². The molecule has 2 fully saturated rings. The summed E-state index contributed by atoms with van der Waals surface area (Å²) < 4.78 is 3.43. The average Bonchev–Trinajstić information content (AvgIpc) is 3.61. The van der Waals surface area contributed by atoms with E-state index in [4.69, 9.17) is 0 Å². The van der Waals surface area contributed by atoms with E-state index in [2.05, 4.69) is 29.2 Å². The average molecular weight is 517 g/mol. The maximum Gasteiger partial charge on any atom is 0.262 e. The molecule has 1 saturated heterocycles. The molecule has 0 bridgehead atoms. The number of hydrogen-bond acceptors (Lipinski definition) is 5. The van der Waals surface area contributed by atoms with Crippen LogP contribution in [0.25, 0.3) is 16.7 Å². The molecule has 2 atom stereocenters. The van der Waals surface area contributed by atoms with Crippen LogP contribution in [0.3, 0.4) is 0 Å². The zero-order valence-corrected chi connectivity index (χ0v) is 21.6. The minimum atomic E-state index is -1.04. The van der Waals surface area contributed by atoms with Crippen molar-refractivity contribution in [3.8, 4) is 5.69 Å². The van der Waals surface area contributed by atoms with Gasteiger partial charge in [0.15, 0.2) is 5.65 Å². The molecule has 4 heterocycles. The number of thiophene rings is 1. The lowest BCUT2D eigenvalue weighted by Crippen LogP contribution is -2.51. The van der Waals surface area contributed by atoms with E-state index in [1.165, 1.54) is 16.5 Å². The lowest BCUT2D eigenvalue weighted by atomic mass is 9.74. The molecule has 4 aromatic rings. The number of piperidine rings is 1. The maximum atomic E-state index is 13.6. The Balaban J connectivity index is 1.14. The summed E-state index contributed by atoms with van der Waals surface area (Å²) in [5, 5.41) is 15.9. The van der Waals surface area contributed by atoms with Crippen LogP contribution in [0.2, 0.25) is 0 Å². The number of rotatable bonds is 5. The number of fused-ring (bicyclic) bond motifs is 1. The van der Waals surface area contributed by atoms with Crippen LogP contribution in [0.4, 0.5) is 0 Å². The van der Waals surface area contributed by atoms with Gasteiger partial charge >= 0.3 is 0 Å². The molecule has 0 spiro atoms. The van der Waals surface area contributed by atoms with Crippen molar-refractivity contribution in [3.63, 3.8) is 0 Å². The van der Waals surface area contributed by atoms with Gasteiger partial charge in [-0.3, -0.25) is 14.2 Å². The van der Waals surface area contributed by atoms with Gasteiger partial charge in [-0.1, -0.05) is 43.2 Å². The molecule has 8 heteroatoms. The molecular formula is C29H32N4O3S. The largest absolute Gasteiger partial charge is 0.388 e. The van der Waals surface area contributed by atoms with Crippen molar-refractivity contribution in [1.29, 1.82) is 0 Å². The highest BCUT2D eigenvalue weighted by atomic mass is 32.1. The summed E-state index contributed by atoms with van der Waals surface area (Å²) >= 11 is 1.59. The zero-order valence-electron chi connectivity index (χ0n) is 20.8.